The van der Waals surface area contributed by atoms with Crippen LogP contribution in [0.4, 0.5) is 4.79 Å². The summed E-state index contributed by atoms with van der Waals surface area (Å²) < 4.78 is 5.43. The molecule has 1 fully saturated rings. The average molecular weight is 264 g/mol. The topological polar surface area (TPSA) is 70.6 Å². The van der Waals surface area contributed by atoms with Gasteiger partial charge >= 0.3 is 6.03 Å². The van der Waals surface area contributed by atoms with Gasteiger partial charge in [0.2, 0.25) is 0 Å². The van der Waals surface area contributed by atoms with Crippen LogP contribution in [0.15, 0.2) is 24.3 Å². The van der Waals surface area contributed by atoms with Crippen LogP contribution < -0.4 is 10.6 Å². The Morgan fingerprint density at radius 2 is 2.42 bits per heavy atom. The molecule has 1 aliphatic heterocycles. The molecule has 0 radical (unpaired) electrons. The molecule has 2 rings (SSSR count). The van der Waals surface area contributed by atoms with Crippen LogP contribution in [-0.4, -0.2) is 30.4 Å². The van der Waals surface area contributed by atoms with Gasteiger partial charge in [-0.1, -0.05) is 12.1 Å². The lowest BCUT2D eigenvalue weighted by Gasteiger charge is -2.16. The van der Waals surface area contributed by atoms with Gasteiger partial charge < -0.3 is 20.5 Å². The molecule has 0 spiro atoms. The molecule has 5 heteroatoms. The molecule has 0 unspecified atom stereocenters. The minimum atomic E-state index is -0.216. The number of amides is 2. The molecule has 1 aliphatic rings. The molecule has 0 aromatic heterocycles. The Labute approximate surface area is 113 Å². The number of ether oxygens (including phenoxy) is 1. The van der Waals surface area contributed by atoms with E-state index in [0.717, 1.165) is 25.0 Å². The third-order valence-electron chi connectivity index (χ3n) is 3.23. The maximum absolute atomic E-state index is 11.7. The zero-order valence-corrected chi connectivity index (χ0v) is 11.1. The van der Waals surface area contributed by atoms with E-state index in [9.17, 15) is 9.90 Å². The lowest BCUT2D eigenvalue weighted by atomic mass is 10.1. The van der Waals surface area contributed by atoms with Crippen LogP contribution in [0.2, 0.25) is 0 Å². The molecular formula is C14H20N2O3. The summed E-state index contributed by atoms with van der Waals surface area (Å²) in [4.78, 5) is 11.7. The lowest BCUT2D eigenvalue weighted by Crippen LogP contribution is -2.40. The SMILES string of the molecule is C[C@@H](NC(=O)NC[C@@H]1CCCO1)c1cccc(O)c1. The van der Waals surface area contributed by atoms with Crippen molar-refractivity contribution in [2.45, 2.75) is 31.9 Å². The number of rotatable bonds is 4. The van der Waals surface area contributed by atoms with Crippen molar-refractivity contribution in [2.24, 2.45) is 0 Å². The molecular weight excluding hydrogens is 244 g/mol. The van der Waals surface area contributed by atoms with E-state index in [1.54, 1.807) is 18.2 Å². The number of nitrogens with one attached hydrogen (secondary N) is 2. The number of urea groups is 1. The normalized spacial score (nSPS) is 19.9. The van der Waals surface area contributed by atoms with E-state index in [1.165, 1.54) is 0 Å². The van der Waals surface area contributed by atoms with Gasteiger partial charge in [0, 0.05) is 13.2 Å². The van der Waals surface area contributed by atoms with Crippen molar-refractivity contribution in [3.05, 3.63) is 29.8 Å². The number of carbonyl (C=O) groups excluding carboxylic acids is 1. The quantitative estimate of drug-likeness (QED) is 0.778. The van der Waals surface area contributed by atoms with Gasteiger partial charge in [-0.3, -0.25) is 0 Å². The first-order valence-electron chi connectivity index (χ1n) is 6.60. The van der Waals surface area contributed by atoms with Gasteiger partial charge in [-0.25, -0.2) is 4.79 Å². The van der Waals surface area contributed by atoms with Gasteiger partial charge in [0.25, 0.3) is 0 Å². The Morgan fingerprint density at radius 3 is 3.11 bits per heavy atom. The van der Waals surface area contributed by atoms with Crippen molar-refractivity contribution in [2.75, 3.05) is 13.2 Å². The molecule has 104 valence electrons. The molecule has 19 heavy (non-hydrogen) atoms. The van der Waals surface area contributed by atoms with Crippen molar-refractivity contribution in [1.29, 1.82) is 0 Å². The number of hydrogen-bond donors (Lipinski definition) is 3. The fraction of sp³-hybridized carbons (Fsp3) is 0.500. The fourth-order valence-electron chi connectivity index (χ4n) is 2.14. The molecule has 1 aromatic carbocycles. The van der Waals surface area contributed by atoms with Gasteiger partial charge in [-0.15, -0.1) is 0 Å². The Hall–Kier alpha value is -1.75. The smallest absolute Gasteiger partial charge is 0.315 e. The number of hydrogen-bond acceptors (Lipinski definition) is 3. The van der Waals surface area contributed by atoms with Gasteiger partial charge in [0.15, 0.2) is 0 Å². The van der Waals surface area contributed by atoms with Crippen molar-refractivity contribution >= 4 is 6.03 Å². The first kappa shape index (κ1) is 13.7. The largest absolute Gasteiger partial charge is 0.508 e. The van der Waals surface area contributed by atoms with Crippen molar-refractivity contribution in [1.82, 2.24) is 10.6 Å². The Balaban J connectivity index is 1.77. The van der Waals surface area contributed by atoms with E-state index in [2.05, 4.69) is 10.6 Å². The summed E-state index contributed by atoms with van der Waals surface area (Å²) in [5.74, 6) is 0.200. The molecule has 5 nitrogen and oxygen atoms in total. The van der Waals surface area contributed by atoms with E-state index in [-0.39, 0.29) is 23.9 Å². The molecule has 1 heterocycles. The molecule has 0 saturated carbocycles. The number of carbonyl (C=O) groups is 1. The minimum absolute atomic E-state index is 0.141. The summed E-state index contributed by atoms with van der Waals surface area (Å²) in [6.07, 6.45) is 2.21. The van der Waals surface area contributed by atoms with Crippen molar-refractivity contribution in [3.8, 4) is 5.75 Å². The zero-order chi connectivity index (χ0) is 13.7. The van der Waals surface area contributed by atoms with Crippen molar-refractivity contribution < 1.29 is 14.6 Å². The average Bonchev–Trinajstić information content (AvgIpc) is 2.89. The summed E-state index contributed by atoms with van der Waals surface area (Å²) >= 11 is 0. The van der Waals surface area contributed by atoms with Gasteiger partial charge in [0.05, 0.1) is 12.1 Å². The highest BCUT2D eigenvalue weighted by molar-refractivity contribution is 5.74. The molecule has 2 atom stereocenters. The highest BCUT2D eigenvalue weighted by Gasteiger charge is 2.16. The monoisotopic (exact) mass is 264 g/mol. The van der Waals surface area contributed by atoms with Crippen LogP contribution in [0.1, 0.15) is 31.4 Å². The molecule has 0 bridgehead atoms. The lowest BCUT2D eigenvalue weighted by molar-refractivity contribution is 0.111. The molecule has 3 N–H and O–H groups in total. The third kappa shape index (κ3) is 4.13. The Bertz CT molecular complexity index is 430. The Kier molecular flexibility index (Phi) is 4.63. The van der Waals surface area contributed by atoms with E-state index >= 15 is 0 Å². The Morgan fingerprint density at radius 1 is 1.58 bits per heavy atom. The highest BCUT2D eigenvalue weighted by Crippen LogP contribution is 2.17. The predicted molar refractivity (Wildman–Crippen MR) is 72.0 cm³/mol. The van der Waals surface area contributed by atoms with Gasteiger partial charge in [-0.2, -0.15) is 0 Å². The number of phenolic OH excluding ortho intramolecular Hbond substituents is 1. The second-order valence-corrected chi connectivity index (χ2v) is 4.81. The number of phenols is 1. The van der Waals surface area contributed by atoms with Gasteiger partial charge in [-0.05, 0) is 37.5 Å². The van der Waals surface area contributed by atoms with E-state index < -0.39 is 0 Å². The molecule has 1 saturated heterocycles. The third-order valence-corrected chi connectivity index (χ3v) is 3.23. The standard InChI is InChI=1S/C14H20N2O3/c1-10(11-4-2-5-12(17)8-11)16-14(18)15-9-13-6-3-7-19-13/h2,4-5,8,10,13,17H,3,6-7,9H2,1H3,(H2,15,16,18)/t10-,13+/m1/s1. The highest BCUT2D eigenvalue weighted by atomic mass is 16.5. The van der Waals surface area contributed by atoms with Crippen LogP contribution in [-0.2, 0) is 4.74 Å². The summed E-state index contributed by atoms with van der Waals surface area (Å²) in [6, 6.07) is 6.50. The van der Waals surface area contributed by atoms with Crippen LogP contribution in [0, 0.1) is 0 Å². The summed E-state index contributed by atoms with van der Waals surface area (Å²) in [5, 5.41) is 15.0. The zero-order valence-electron chi connectivity index (χ0n) is 11.1. The van der Waals surface area contributed by atoms with Crippen molar-refractivity contribution in [3.63, 3.8) is 0 Å². The molecule has 2 amide bonds. The summed E-state index contributed by atoms with van der Waals surface area (Å²) in [6.45, 7) is 3.20. The first-order valence-corrected chi connectivity index (χ1v) is 6.60. The van der Waals surface area contributed by atoms with Crippen LogP contribution >= 0.6 is 0 Å². The van der Waals surface area contributed by atoms with E-state index in [1.807, 2.05) is 13.0 Å². The summed E-state index contributed by atoms with van der Waals surface area (Å²) in [7, 11) is 0. The second kappa shape index (κ2) is 6.43. The van der Waals surface area contributed by atoms with E-state index in [4.69, 9.17) is 4.74 Å². The van der Waals surface area contributed by atoms with E-state index in [0.29, 0.717) is 6.54 Å². The van der Waals surface area contributed by atoms with Crippen LogP contribution in [0.5, 0.6) is 5.75 Å². The number of aromatic hydroxyl groups is 1. The maximum atomic E-state index is 11.7. The van der Waals surface area contributed by atoms with Crippen LogP contribution in [0.25, 0.3) is 0 Å². The summed E-state index contributed by atoms with van der Waals surface area (Å²) in [5.41, 5.74) is 0.868. The van der Waals surface area contributed by atoms with Crippen LogP contribution in [0.3, 0.4) is 0 Å². The number of benzene rings is 1. The first-order chi connectivity index (χ1) is 9.15. The molecule has 0 aliphatic carbocycles. The fourth-order valence-corrected chi connectivity index (χ4v) is 2.14. The minimum Gasteiger partial charge on any atom is -0.508 e. The molecule has 1 aromatic rings. The predicted octanol–water partition coefficient (Wildman–Crippen LogP) is 1.93. The second-order valence-electron chi connectivity index (χ2n) is 4.81. The van der Waals surface area contributed by atoms with Gasteiger partial charge in [0.1, 0.15) is 5.75 Å². The maximum Gasteiger partial charge on any atom is 0.315 e.